The Balaban J connectivity index is 0.000000321. The first-order valence-electron chi connectivity index (χ1n) is 5.98. The van der Waals surface area contributed by atoms with Crippen LogP contribution in [-0.4, -0.2) is 11.7 Å². The molecule has 0 aromatic heterocycles. The second-order valence-electron chi connectivity index (χ2n) is 4.00. The van der Waals surface area contributed by atoms with Gasteiger partial charge in [0, 0.05) is 0 Å². The number of hydrogen-bond acceptors (Lipinski definition) is 2. The van der Waals surface area contributed by atoms with E-state index in [1.807, 2.05) is 50.3 Å². The molecule has 0 aliphatic heterocycles. The summed E-state index contributed by atoms with van der Waals surface area (Å²) in [6, 6.07) is 9.63. The van der Waals surface area contributed by atoms with Crippen molar-refractivity contribution in [3.05, 3.63) is 59.7 Å². The van der Waals surface area contributed by atoms with Gasteiger partial charge in [-0.2, -0.15) is 5.26 Å². The largest absolute Gasteiger partial charge is 0.392 e. The van der Waals surface area contributed by atoms with Gasteiger partial charge in [0.15, 0.2) is 0 Å². The summed E-state index contributed by atoms with van der Waals surface area (Å²) in [5.74, 6) is 0. The van der Waals surface area contributed by atoms with E-state index >= 15 is 0 Å². The highest BCUT2D eigenvalue weighted by atomic mass is 16.3. The van der Waals surface area contributed by atoms with Crippen LogP contribution in [0.25, 0.3) is 0 Å². The van der Waals surface area contributed by atoms with Gasteiger partial charge in [-0.15, -0.1) is 6.58 Å². The van der Waals surface area contributed by atoms with Crippen molar-refractivity contribution in [2.75, 3.05) is 6.61 Å². The van der Waals surface area contributed by atoms with Crippen molar-refractivity contribution in [3.63, 3.8) is 0 Å². The van der Waals surface area contributed by atoms with Crippen LogP contribution in [0.1, 0.15) is 30.9 Å². The van der Waals surface area contributed by atoms with E-state index in [-0.39, 0.29) is 6.61 Å². The Morgan fingerprint density at radius 2 is 2.06 bits per heavy atom. The number of nitriles is 1. The molecule has 96 valence electrons. The number of aliphatic hydroxyl groups excluding tert-OH is 1. The maximum absolute atomic E-state index is 8.54. The van der Waals surface area contributed by atoms with Crippen LogP contribution in [0.3, 0.4) is 0 Å². The monoisotopic (exact) mass is 243 g/mol. The zero-order valence-corrected chi connectivity index (χ0v) is 11.2. The molecule has 0 atom stereocenters. The van der Waals surface area contributed by atoms with E-state index in [9.17, 15) is 0 Å². The molecular weight excluding hydrogens is 222 g/mol. The summed E-state index contributed by atoms with van der Waals surface area (Å²) in [6.45, 7) is 7.62. The molecule has 0 radical (unpaired) electrons. The van der Waals surface area contributed by atoms with Gasteiger partial charge in [-0.3, -0.25) is 0 Å². The van der Waals surface area contributed by atoms with Crippen LogP contribution in [0.2, 0.25) is 0 Å². The molecular formula is C16H21NO. The molecule has 0 saturated heterocycles. The van der Waals surface area contributed by atoms with Gasteiger partial charge in [-0.05, 0) is 38.3 Å². The predicted molar refractivity (Wildman–Crippen MR) is 76.2 cm³/mol. The van der Waals surface area contributed by atoms with Gasteiger partial charge in [-0.25, -0.2) is 0 Å². The summed E-state index contributed by atoms with van der Waals surface area (Å²) in [6.07, 6.45) is 5.90. The van der Waals surface area contributed by atoms with E-state index in [1.165, 1.54) is 0 Å². The third-order valence-electron chi connectivity index (χ3n) is 2.38. The number of nitrogens with zero attached hydrogens (tertiary/aromatic N) is 1. The molecule has 1 N–H and O–H groups in total. The van der Waals surface area contributed by atoms with Crippen LogP contribution >= 0.6 is 0 Å². The first kappa shape index (κ1) is 16.1. The number of aryl methyl sites for hydroxylation is 1. The normalized spacial score (nSPS) is 10.0. The third kappa shape index (κ3) is 7.43. The fraction of sp³-hybridized carbons (Fsp3) is 0.312. The maximum atomic E-state index is 8.54. The highest BCUT2D eigenvalue weighted by Gasteiger charge is 1.90. The van der Waals surface area contributed by atoms with Gasteiger partial charge in [0.05, 0.1) is 18.2 Å². The van der Waals surface area contributed by atoms with Gasteiger partial charge in [-0.1, -0.05) is 35.9 Å². The van der Waals surface area contributed by atoms with E-state index in [0.29, 0.717) is 0 Å². The zero-order valence-electron chi connectivity index (χ0n) is 11.2. The van der Waals surface area contributed by atoms with Crippen molar-refractivity contribution < 1.29 is 5.11 Å². The average Bonchev–Trinajstić information content (AvgIpc) is 2.40. The van der Waals surface area contributed by atoms with Crippen molar-refractivity contribution in [2.45, 2.75) is 26.7 Å². The summed E-state index contributed by atoms with van der Waals surface area (Å²) in [4.78, 5) is 0. The number of unbranched alkanes of at least 4 members (excludes halogenated alkanes) is 1. The van der Waals surface area contributed by atoms with Crippen molar-refractivity contribution >= 4 is 0 Å². The Morgan fingerprint density at radius 3 is 2.50 bits per heavy atom. The molecule has 0 aliphatic rings. The summed E-state index contributed by atoms with van der Waals surface area (Å²) in [5.41, 5.74) is 2.84. The van der Waals surface area contributed by atoms with Crippen molar-refractivity contribution in [1.29, 1.82) is 5.26 Å². The number of aliphatic hydroxyl groups is 1. The number of allylic oxidation sites excluding steroid dienone is 2. The second kappa shape index (κ2) is 10.3. The fourth-order valence-corrected chi connectivity index (χ4v) is 1.21. The second-order valence-corrected chi connectivity index (χ2v) is 4.00. The van der Waals surface area contributed by atoms with Gasteiger partial charge < -0.3 is 5.11 Å². The molecule has 0 heterocycles. The molecule has 0 bridgehead atoms. The van der Waals surface area contributed by atoms with Crippen LogP contribution in [0, 0.1) is 18.3 Å². The highest BCUT2D eigenvalue weighted by molar-refractivity contribution is 5.35. The molecule has 0 fully saturated rings. The lowest BCUT2D eigenvalue weighted by Crippen LogP contribution is -1.82. The summed E-state index contributed by atoms with van der Waals surface area (Å²) < 4.78 is 0. The third-order valence-corrected chi connectivity index (χ3v) is 2.38. The summed E-state index contributed by atoms with van der Waals surface area (Å²) in [7, 11) is 0. The van der Waals surface area contributed by atoms with Gasteiger partial charge in [0.25, 0.3) is 0 Å². The summed E-state index contributed by atoms with van der Waals surface area (Å²) in [5, 5.41) is 17.0. The standard InChI is InChI=1S/C8H7N.C8H14O/c1-7-4-2-3-5-8(7)6-9;1-3-4-5-6-8(2)7-9/h2-5H,1H3;3,6,9H,1,4-5,7H2,2H3/b;8-6+. The molecule has 0 amide bonds. The maximum Gasteiger partial charge on any atom is 0.0994 e. The summed E-state index contributed by atoms with van der Waals surface area (Å²) >= 11 is 0. The minimum atomic E-state index is 0.178. The van der Waals surface area contributed by atoms with E-state index in [0.717, 1.165) is 29.5 Å². The first-order valence-corrected chi connectivity index (χ1v) is 5.98. The Morgan fingerprint density at radius 1 is 1.39 bits per heavy atom. The molecule has 18 heavy (non-hydrogen) atoms. The minimum absolute atomic E-state index is 0.178. The zero-order chi connectivity index (χ0) is 13.8. The molecule has 2 heteroatoms. The highest BCUT2D eigenvalue weighted by Crippen LogP contribution is 2.03. The Kier molecular flexibility index (Phi) is 9.25. The van der Waals surface area contributed by atoms with Gasteiger partial charge >= 0.3 is 0 Å². The number of rotatable bonds is 4. The molecule has 0 saturated carbocycles. The topological polar surface area (TPSA) is 44.0 Å². The smallest absolute Gasteiger partial charge is 0.0994 e. The van der Waals surface area contributed by atoms with Crippen LogP contribution < -0.4 is 0 Å². The Labute approximate surface area is 110 Å². The number of benzene rings is 1. The van der Waals surface area contributed by atoms with Gasteiger partial charge in [0.1, 0.15) is 0 Å². The number of hydrogen-bond donors (Lipinski definition) is 1. The van der Waals surface area contributed by atoms with Crippen molar-refractivity contribution in [1.82, 2.24) is 0 Å². The van der Waals surface area contributed by atoms with E-state index in [2.05, 4.69) is 12.6 Å². The lowest BCUT2D eigenvalue weighted by molar-refractivity contribution is 0.331. The Hall–Kier alpha value is -1.85. The predicted octanol–water partition coefficient (Wildman–Crippen LogP) is 3.76. The fourth-order valence-electron chi connectivity index (χ4n) is 1.21. The van der Waals surface area contributed by atoms with E-state index in [1.54, 1.807) is 0 Å². The van der Waals surface area contributed by atoms with E-state index in [4.69, 9.17) is 10.4 Å². The average molecular weight is 243 g/mol. The SMILES string of the molecule is C=CCC/C=C(\C)CO.Cc1ccccc1C#N. The first-order chi connectivity index (χ1) is 8.65. The van der Waals surface area contributed by atoms with Crippen molar-refractivity contribution in [3.8, 4) is 6.07 Å². The molecule has 1 aromatic carbocycles. The van der Waals surface area contributed by atoms with Gasteiger partial charge in [0.2, 0.25) is 0 Å². The van der Waals surface area contributed by atoms with Crippen LogP contribution in [0.5, 0.6) is 0 Å². The van der Waals surface area contributed by atoms with Crippen LogP contribution in [-0.2, 0) is 0 Å². The molecule has 2 nitrogen and oxygen atoms in total. The molecule has 1 rings (SSSR count). The lowest BCUT2D eigenvalue weighted by Gasteiger charge is -1.91. The molecule has 0 spiro atoms. The molecule has 1 aromatic rings. The molecule has 0 unspecified atom stereocenters. The quantitative estimate of drug-likeness (QED) is 0.646. The Bertz CT molecular complexity index is 427. The van der Waals surface area contributed by atoms with Crippen LogP contribution in [0.15, 0.2) is 48.6 Å². The van der Waals surface area contributed by atoms with Crippen molar-refractivity contribution in [2.24, 2.45) is 0 Å². The minimum Gasteiger partial charge on any atom is -0.392 e. The van der Waals surface area contributed by atoms with Crippen LogP contribution in [0.4, 0.5) is 0 Å². The van der Waals surface area contributed by atoms with E-state index < -0.39 is 0 Å². The molecule has 0 aliphatic carbocycles. The lowest BCUT2D eigenvalue weighted by atomic mass is 10.1.